The Morgan fingerprint density at radius 3 is 2.68 bits per heavy atom. The summed E-state index contributed by atoms with van der Waals surface area (Å²) in [6.07, 6.45) is 13.7. The maximum absolute atomic E-state index is 11.7. The lowest BCUT2D eigenvalue weighted by atomic mass is 9.79. The molecule has 0 amide bonds. The summed E-state index contributed by atoms with van der Waals surface area (Å²) in [4.78, 5) is 19.2. The van der Waals surface area contributed by atoms with E-state index in [0.29, 0.717) is 5.92 Å². The summed E-state index contributed by atoms with van der Waals surface area (Å²) in [6.45, 7) is 8.85. The SMILES string of the molecule is Cc1cc(CCCN2CCC(=C3c4ncccc4CCC4=CC(Cl)=CCC43)CC2)ccc1C(C)(C)C(=O)O. The van der Waals surface area contributed by atoms with Gasteiger partial charge in [-0.1, -0.05) is 53.1 Å². The van der Waals surface area contributed by atoms with Crippen molar-refractivity contribution in [1.29, 1.82) is 0 Å². The number of aryl methyl sites for hydroxylation is 3. The molecule has 1 atom stereocenters. The molecule has 2 heterocycles. The lowest BCUT2D eigenvalue weighted by Gasteiger charge is -2.32. The van der Waals surface area contributed by atoms with Gasteiger partial charge in [-0.3, -0.25) is 9.78 Å². The third kappa shape index (κ3) is 5.53. The number of aliphatic carboxylic acids is 1. The summed E-state index contributed by atoms with van der Waals surface area (Å²) in [7, 11) is 0. The normalized spacial score (nSPS) is 20.3. The van der Waals surface area contributed by atoms with Gasteiger partial charge in [-0.15, -0.1) is 0 Å². The van der Waals surface area contributed by atoms with Crippen LogP contribution in [0.2, 0.25) is 0 Å². The number of piperidine rings is 1. The molecule has 5 heteroatoms. The highest BCUT2D eigenvalue weighted by molar-refractivity contribution is 6.31. The molecule has 200 valence electrons. The predicted octanol–water partition coefficient (Wildman–Crippen LogP) is 7.25. The average Bonchev–Trinajstić information content (AvgIpc) is 3.05. The van der Waals surface area contributed by atoms with Gasteiger partial charge in [-0.05, 0) is 112 Å². The van der Waals surface area contributed by atoms with Gasteiger partial charge in [0.2, 0.25) is 0 Å². The van der Waals surface area contributed by atoms with Gasteiger partial charge in [0.15, 0.2) is 0 Å². The van der Waals surface area contributed by atoms with E-state index in [1.807, 2.05) is 19.2 Å². The molecule has 2 aliphatic carbocycles. The van der Waals surface area contributed by atoms with E-state index < -0.39 is 11.4 Å². The monoisotopic (exact) mass is 530 g/mol. The number of fused-ring (bicyclic) bond motifs is 2. The minimum Gasteiger partial charge on any atom is -0.481 e. The van der Waals surface area contributed by atoms with E-state index in [1.54, 1.807) is 19.4 Å². The van der Waals surface area contributed by atoms with Crippen LogP contribution in [0.5, 0.6) is 0 Å². The zero-order valence-corrected chi connectivity index (χ0v) is 23.7. The Balaban J connectivity index is 1.23. The average molecular weight is 531 g/mol. The molecule has 3 aliphatic rings. The number of carbonyl (C=O) groups is 1. The van der Waals surface area contributed by atoms with Crippen LogP contribution in [0.3, 0.4) is 0 Å². The van der Waals surface area contributed by atoms with Gasteiger partial charge in [0.05, 0.1) is 11.1 Å². The van der Waals surface area contributed by atoms with Crippen LogP contribution in [-0.4, -0.2) is 40.6 Å². The number of hydrogen-bond acceptors (Lipinski definition) is 3. The molecular formula is C33H39ClN2O2. The number of hydrogen-bond donors (Lipinski definition) is 1. The van der Waals surface area contributed by atoms with Gasteiger partial charge in [-0.25, -0.2) is 0 Å². The van der Waals surface area contributed by atoms with Gasteiger partial charge in [0.1, 0.15) is 0 Å². The summed E-state index contributed by atoms with van der Waals surface area (Å²) in [5.41, 5.74) is 9.50. The third-order valence-corrected chi connectivity index (χ3v) is 9.04. The summed E-state index contributed by atoms with van der Waals surface area (Å²) in [6, 6.07) is 10.6. The number of likely N-dealkylation sites (tertiary alicyclic amines) is 1. The summed E-state index contributed by atoms with van der Waals surface area (Å²) >= 11 is 6.42. The molecule has 1 unspecified atom stereocenters. The van der Waals surface area contributed by atoms with Crippen molar-refractivity contribution >= 4 is 23.1 Å². The number of carboxylic acids is 1. The van der Waals surface area contributed by atoms with Crippen LogP contribution in [0.15, 0.2) is 64.9 Å². The van der Waals surface area contributed by atoms with Crippen molar-refractivity contribution in [3.8, 4) is 0 Å². The second kappa shape index (κ2) is 11.2. The van der Waals surface area contributed by atoms with Crippen molar-refractivity contribution in [2.75, 3.05) is 19.6 Å². The molecule has 38 heavy (non-hydrogen) atoms. The predicted molar refractivity (Wildman–Crippen MR) is 155 cm³/mol. The minimum atomic E-state index is -0.868. The minimum absolute atomic E-state index is 0.410. The van der Waals surface area contributed by atoms with Gasteiger partial charge in [-0.2, -0.15) is 0 Å². The molecule has 1 saturated heterocycles. The number of rotatable bonds is 6. The number of carboxylic acid groups (broad SMARTS) is 1. The fourth-order valence-corrected chi connectivity index (χ4v) is 6.76. The molecule has 4 nitrogen and oxygen atoms in total. The van der Waals surface area contributed by atoms with Crippen LogP contribution in [0.4, 0.5) is 0 Å². The second-order valence-electron chi connectivity index (χ2n) is 11.6. The first kappa shape index (κ1) is 26.9. The van der Waals surface area contributed by atoms with Crippen molar-refractivity contribution in [2.45, 2.75) is 71.1 Å². The van der Waals surface area contributed by atoms with Gasteiger partial charge in [0.25, 0.3) is 0 Å². The molecule has 1 aromatic heterocycles. The smallest absolute Gasteiger partial charge is 0.313 e. The van der Waals surface area contributed by atoms with E-state index in [0.717, 1.165) is 80.7 Å². The Morgan fingerprint density at radius 1 is 1.16 bits per heavy atom. The molecule has 1 fully saturated rings. The lowest BCUT2D eigenvalue weighted by molar-refractivity contribution is -0.142. The molecule has 1 aliphatic heterocycles. The Bertz CT molecular complexity index is 1310. The maximum Gasteiger partial charge on any atom is 0.313 e. The second-order valence-corrected chi connectivity index (χ2v) is 12.1. The van der Waals surface area contributed by atoms with Crippen LogP contribution in [0, 0.1) is 12.8 Å². The summed E-state index contributed by atoms with van der Waals surface area (Å²) in [5, 5.41) is 10.5. The van der Waals surface area contributed by atoms with Crippen LogP contribution in [0.1, 0.15) is 73.9 Å². The Morgan fingerprint density at radius 2 is 1.95 bits per heavy atom. The van der Waals surface area contributed by atoms with Crippen molar-refractivity contribution in [2.24, 2.45) is 5.92 Å². The molecule has 2 aromatic rings. The largest absolute Gasteiger partial charge is 0.481 e. The Hall–Kier alpha value is -2.69. The van der Waals surface area contributed by atoms with E-state index in [2.05, 4.69) is 41.3 Å². The first-order valence-corrected chi connectivity index (χ1v) is 14.4. The van der Waals surface area contributed by atoms with E-state index in [9.17, 15) is 9.90 Å². The molecule has 5 rings (SSSR count). The molecule has 1 aromatic carbocycles. The molecular weight excluding hydrogens is 492 g/mol. The number of aromatic nitrogens is 1. The maximum atomic E-state index is 11.7. The van der Waals surface area contributed by atoms with E-state index in [1.165, 1.54) is 28.0 Å². The number of nitrogens with zero attached hydrogens (tertiary/aromatic N) is 2. The fraction of sp³-hybridized carbons (Fsp3) is 0.455. The van der Waals surface area contributed by atoms with E-state index in [-0.39, 0.29) is 0 Å². The van der Waals surface area contributed by atoms with Crippen LogP contribution < -0.4 is 0 Å². The number of pyridine rings is 1. The lowest BCUT2D eigenvalue weighted by Crippen LogP contribution is -2.32. The highest BCUT2D eigenvalue weighted by atomic mass is 35.5. The molecule has 0 bridgehead atoms. The Labute approximate surface area is 232 Å². The summed E-state index contributed by atoms with van der Waals surface area (Å²) < 4.78 is 0. The van der Waals surface area contributed by atoms with Gasteiger partial charge < -0.3 is 10.0 Å². The molecule has 0 saturated carbocycles. The van der Waals surface area contributed by atoms with E-state index >= 15 is 0 Å². The van der Waals surface area contributed by atoms with Crippen LogP contribution in [-0.2, 0) is 23.1 Å². The fourth-order valence-electron chi connectivity index (χ4n) is 6.53. The topological polar surface area (TPSA) is 53.4 Å². The number of allylic oxidation sites excluding steroid dienone is 5. The van der Waals surface area contributed by atoms with Crippen molar-refractivity contribution in [3.05, 3.63) is 92.8 Å². The van der Waals surface area contributed by atoms with Crippen molar-refractivity contribution in [3.63, 3.8) is 0 Å². The molecule has 1 N–H and O–H groups in total. The third-order valence-electron chi connectivity index (χ3n) is 8.78. The molecule has 0 spiro atoms. The van der Waals surface area contributed by atoms with Crippen molar-refractivity contribution in [1.82, 2.24) is 9.88 Å². The van der Waals surface area contributed by atoms with Crippen molar-refractivity contribution < 1.29 is 9.90 Å². The highest BCUT2D eigenvalue weighted by Crippen LogP contribution is 2.45. The van der Waals surface area contributed by atoms with Gasteiger partial charge in [0, 0.05) is 30.2 Å². The quantitative estimate of drug-likeness (QED) is 0.427. The highest BCUT2D eigenvalue weighted by Gasteiger charge is 2.32. The first-order valence-electron chi connectivity index (χ1n) is 14.0. The first-order chi connectivity index (χ1) is 18.2. The van der Waals surface area contributed by atoms with Crippen LogP contribution in [0.25, 0.3) is 5.57 Å². The summed E-state index contributed by atoms with van der Waals surface area (Å²) in [5.74, 6) is -0.376. The molecule has 0 radical (unpaired) electrons. The Kier molecular flexibility index (Phi) is 7.93. The zero-order valence-electron chi connectivity index (χ0n) is 22.9. The standard InChI is InChI=1S/C33H39ClN2O2/c1-22-20-23(8-13-29(22)33(2,3)32(37)38)6-5-17-36-18-14-24(15-19-36)30-28-12-11-27(34)21-26(28)10-9-25-7-4-16-35-31(25)30/h4,7-8,11,13,16,20-21,28H,5-6,9-10,12,14-15,17-19H2,1-3H3,(H,37,38). The zero-order chi connectivity index (χ0) is 26.9. The van der Waals surface area contributed by atoms with Gasteiger partial charge >= 0.3 is 5.97 Å². The van der Waals surface area contributed by atoms with E-state index in [4.69, 9.17) is 16.6 Å². The number of benzene rings is 1. The van der Waals surface area contributed by atoms with Crippen LogP contribution >= 0.6 is 11.6 Å². The number of halogens is 1.